The third-order valence-corrected chi connectivity index (χ3v) is 7.13. The molecule has 0 spiro atoms. The van der Waals surface area contributed by atoms with Crippen molar-refractivity contribution >= 4 is 16.8 Å². The van der Waals surface area contributed by atoms with Crippen LogP contribution in [0.3, 0.4) is 0 Å². The van der Waals surface area contributed by atoms with E-state index in [4.69, 9.17) is 4.98 Å². The Kier molecular flexibility index (Phi) is 6.83. The van der Waals surface area contributed by atoms with Gasteiger partial charge in [-0.2, -0.15) is 13.2 Å². The molecular weight excluding hydrogens is 469 g/mol. The van der Waals surface area contributed by atoms with Gasteiger partial charge in [-0.1, -0.05) is 31.0 Å². The van der Waals surface area contributed by atoms with Crippen LogP contribution >= 0.6 is 0 Å². The summed E-state index contributed by atoms with van der Waals surface area (Å²) in [4.78, 5) is 34.8. The summed E-state index contributed by atoms with van der Waals surface area (Å²) in [7, 11) is 0. The first-order valence-corrected chi connectivity index (χ1v) is 12.5. The monoisotopic (exact) mass is 498 g/mol. The summed E-state index contributed by atoms with van der Waals surface area (Å²) in [5, 5.41) is 0.529. The zero-order chi connectivity index (χ0) is 25.3. The van der Waals surface area contributed by atoms with Gasteiger partial charge in [0.15, 0.2) is 0 Å². The molecule has 3 heterocycles. The fourth-order valence-electron chi connectivity index (χ4n) is 5.12. The number of rotatable bonds is 3. The van der Waals surface area contributed by atoms with E-state index in [1.54, 1.807) is 33.7 Å². The van der Waals surface area contributed by atoms with E-state index in [9.17, 15) is 22.8 Å². The molecule has 0 atom stereocenters. The zero-order valence-electron chi connectivity index (χ0n) is 20.1. The van der Waals surface area contributed by atoms with E-state index in [1.807, 2.05) is 0 Å². The van der Waals surface area contributed by atoms with E-state index < -0.39 is 11.7 Å². The fourth-order valence-corrected chi connectivity index (χ4v) is 5.12. The van der Waals surface area contributed by atoms with Gasteiger partial charge in [0.25, 0.3) is 11.5 Å². The Morgan fingerprint density at radius 3 is 2.47 bits per heavy atom. The Hall–Kier alpha value is -3.20. The van der Waals surface area contributed by atoms with Crippen LogP contribution in [0.5, 0.6) is 0 Å². The van der Waals surface area contributed by atoms with Crippen molar-refractivity contribution in [2.24, 2.45) is 0 Å². The van der Waals surface area contributed by atoms with Gasteiger partial charge in [0, 0.05) is 51.3 Å². The van der Waals surface area contributed by atoms with Gasteiger partial charge in [-0.15, -0.1) is 0 Å². The van der Waals surface area contributed by atoms with Gasteiger partial charge in [-0.3, -0.25) is 19.1 Å². The van der Waals surface area contributed by atoms with Crippen LogP contribution < -0.4 is 5.56 Å². The van der Waals surface area contributed by atoms with Crippen LogP contribution in [-0.4, -0.2) is 51.4 Å². The molecule has 1 amide bonds. The van der Waals surface area contributed by atoms with Crippen LogP contribution in [0.15, 0.2) is 47.3 Å². The van der Waals surface area contributed by atoms with Crippen molar-refractivity contribution in [1.82, 2.24) is 19.4 Å². The van der Waals surface area contributed by atoms with Gasteiger partial charge in [0.2, 0.25) is 0 Å². The lowest BCUT2D eigenvalue weighted by molar-refractivity contribution is -0.137. The summed E-state index contributed by atoms with van der Waals surface area (Å²) in [6, 6.07) is 10.5. The Balaban J connectivity index is 1.27. The summed E-state index contributed by atoms with van der Waals surface area (Å²) in [6.45, 7) is 3.20. The first kappa shape index (κ1) is 24.5. The minimum atomic E-state index is -4.36. The molecule has 36 heavy (non-hydrogen) atoms. The predicted octanol–water partition coefficient (Wildman–Crippen LogP) is 4.49. The molecule has 0 aliphatic carbocycles. The molecule has 2 aliphatic rings. The van der Waals surface area contributed by atoms with Crippen molar-refractivity contribution in [3.63, 3.8) is 0 Å². The van der Waals surface area contributed by atoms with Gasteiger partial charge in [-0.25, -0.2) is 4.98 Å². The first-order valence-electron chi connectivity index (χ1n) is 12.5. The molecule has 3 aromatic rings. The Morgan fingerprint density at radius 1 is 0.917 bits per heavy atom. The highest BCUT2D eigenvalue weighted by Crippen LogP contribution is 2.30. The zero-order valence-corrected chi connectivity index (χ0v) is 20.1. The molecule has 1 saturated heterocycles. The first-order chi connectivity index (χ1) is 17.3. The number of halogens is 3. The predicted molar refractivity (Wildman–Crippen MR) is 131 cm³/mol. The maximum atomic E-state index is 13.2. The molecule has 1 fully saturated rings. The van der Waals surface area contributed by atoms with Crippen LogP contribution in [0.4, 0.5) is 13.2 Å². The number of carbonyl (C=O) groups excluding carboxylic acids is 1. The highest BCUT2D eigenvalue weighted by atomic mass is 19.4. The summed E-state index contributed by atoms with van der Waals surface area (Å²) in [6.07, 6.45) is 0.616. The van der Waals surface area contributed by atoms with E-state index in [0.29, 0.717) is 61.3 Å². The summed E-state index contributed by atoms with van der Waals surface area (Å²) >= 11 is 0. The van der Waals surface area contributed by atoms with Crippen LogP contribution in [0.2, 0.25) is 0 Å². The minimum Gasteiger partial charge on any atom is -0.336 e. The van der Waals surface area contributed by atoms with Crippen molar-refractivity contribution in [2.75, 3.05) is 26.2 Å². The third-order valence-electron chi connectivity index (χ3n) is 7.13. The number of piperazine rings is 1. The molecule has 2 aromatic carbocycles. The van der Waals surface area contributed by atoms with Crippen LogP contribution in [0.1, 0.15) is 53.0 Å². The summed E-state index contributed by atoms with van der Waals surface area (Å²) < 4.78 is 40.8. The second-order valence-corrected chi connectivity index (χ2v) is 9.65. The molecule has 190 valence electrons. The SMILES string of the molecule is O=C(c1ccc2c(=O)n3c(nc2c1)CCCCCC3)N1CCN(Cc2cccc(C(F)(F)F)c2)CC1. The highest BCUT2D eigenvalue weighted by molar-refractivity contribution is 5.97. The molecule has 0 radical (unpaired) electrons. The molecule has 1 aromatic heterocycles. The third kappa shape index (κ3) is 5.16. The maximum Gasteiger partial charge on any atom is 0.416 e. The molecule has 9 heteroatoms. The quantitative estimate of drug-likeness (QED) is 0.534. The van der Waals surface area contributed by atoms with Crippen LogP contribution in [0.25, 0.3) is 10.9 Å². The summed E-state index contributed by atoms with van der Waals surface area (Å²) in [5.41, 5.74) is 0.966. The number of fused-ring (bicyclic) bond motifs is 2. The lowest BCUT2D eigenvalue weighted by Gasteiger charge is -2.35. The molecule has 0 unspecified atom stereocenters. The second kappa shape index (κ2) is 10.0. The van der Waals surface area contributed by atoms with E-state index in [0.717, 1.165) is 44.0 Å². The molecule has 6 nitrogen and oxygen atoms in total. The largest absolute Gasteiger partial charge is 0.416 e. The van der Waals surface area contributed by atoms with Crippen LogP contribution in [0, 0.1) is 0 Å². The van der Waals surface area contributed by atoms with Crippen molar-refractivity contribution in [1.29, 1.82) is 0 Å². The lowest BCUT2D eigenvalue weighted by Crippen LogP contribution is -2.48. The number of alkyl halides is 3. The van der Waals surface area contributed by atoms with E-state index in [2.05, 4.69) is 4.90 Å². The molecule has 0 saturated carbocycles. The number of carbonyl (C=O) groups is 1. The van der Waals surface area contributed by atoms with Crippen molar-refractivity contribution in [3.05, 3.63) is 75.3 Å². The van der Waals surface area contributed by atoms with E-state index >= 15 is 0 Å². The Labute approximate surface area is 207 Å². The highest BCUT2D eigenvalue weighted by Gasteiger charge is 2.30. The van der Waals surface area contributed by atoms with E-state index in [1.165, 1.54) is 12.1 Å². The van der Waals surface area contributed by atoms with Crippen LogP contribution in [-0.2, 0) is 25.7 Å². The number of hydrogen-bond donors (Lipinski definition) is 0. The number of benzene rings is 2. The van der Waals surface area contributed by atoms with Gasteiger partial charge in [-0.05, 0) is 42.7 Å². The van der Waals surface area contributed by atoms with E-state index in [-0.39, 0.29) is 11.5 Å². The van der Waals surface area contributed by atoms with Gasteiger partial charge in [0.05, 0.1) is 16.5 Å². The van der Waals surface area contributed by atoms with Crippen molar-refractivity contribution in [2.45, 2.75) is 51.4 Å². The second-order valence-electron chi connectivity index (χ2n) is 9.65. The number of nitrogens with zero attached hydrogens (tertiary/aromatic N) is 4. The molecule has 5 rings (SSSR count). The minimum absolute atomic E-state index is 0.0425. The molecule has 0 N–H and O–H groups in total. The van der Waals surface area contributed by atoms with Gasteiger partial charge < -0.3 is 4.90 Å². The number of amides is 1. The standard InChI is InChI=1S/C27H29F3N4O2/c28-27(29,30)21-7-5-6-19(16-21)18-32-12-14-33(15-13-32)25(35)20-9-10-22-23(17-20)31-24-8-3-1-2-4-11-34(24)26(22)36/h5-7,9-10,16-17H,1-4,8,11-15,18H2. The summed E-state index contributed by atoms with van der Waals surface area (Å²) in [5.74, 6) is 0.671. The molecular formula is C27H29F3N4O2. The van der Waals surface area contributed by atoms with Gasteiger partial charge >= 0.3 is 6.18 Å². The van der Waals surface area contributed by atoms with Crippen molar-refractivity contribution < 1.29 is 18.0 Å². The average Bonchev–Trinajstić information content (AvgIpc) is 2.85. The normalized spacial score (nSPS) is 17.5. The topological polar surface area (TPSA) is 58.4 Å². The smallest absolute Gasteiger partial charge is 0.336 e. The fraction of sp³-hybridized carbons (Fsp3) is 0.444. The Morgan fingerprint density at radius 2 is 1.69 bits per heavy atom. The number of aryl methyl sites for hydroxylation is 1. The number of aromatic nitrogens is 2. The average molecular weight is 499 g/mol. The molecule has 0 bridgehead atoms. The van der Waals surface area contributed by atoms with Crippen molar-refractivity contribution in [3.8, 4) is 0 Å². The number of hydrogen-bond acceptors (Lipinski definition) is 4. The maximum absolute atomic E-state index is 13.2. The van der Waals surface area contributed by atoms with Gasteiger partial charge in [0.1, 0.15) is 5.82 Å². The molecule has 2 aliphatic heterocycles. The lowest BCUT2D eigenvalue weighted by atomic mass is 10.1. The Bertz CT molecular complexity index is 1330.